The van der Waals surface area contributed by atoms with E-state index in [1.165, 1.54) is 0 Å². The summed E-state index contributed by atoms with van der Waals surface area (Å²) in [6.07, 6.45) is 2.45. The van der Waals surface area contributed by atoms with Gasteiger partial charge in [0.25, 0.3) is 5.91 Å². The maximum Gasteiger partial charge on any atom is 0.253 e. The Hall–Kier alpha value is -2.07. The number of carbonyl (C=O) groups excluding carboxylic acids is 1. The molecule has 28 heavy (non-hydrogen) atoms. The Balaban J connectivity index is 0.00000392. The fourth-order valence-corrected chi connectivity index (χ4v) is 2.39. The summed E-state index contributed by atoms with van der Waals surface area (Å²) in [5.74, 6) is 1.64. The van der Waals surface area contributed by atoms with Crippen LogP contribution < -0.4 is 10.6 Å². The summed E-state index contributed by atoms with van der Waals surface area (Å²) in [7, 11) is 5.15. The number of amides is 1. The van der Waals surface area contributed by atoms with E-state index < -0.39 is 0 Å². The molecule has 1 aromatic carbocycles. The number of carbonyl (C=O) groups is 1. The van der Waals surface area contributed by atoms with Crippen LogP contribution in [0.1, 0.15) is 21.7 Å². The third-order valence-electron chi connectivity index (χ3n) is 3.87. The summed E-state index contributed by atoms with van der Waals surface area (Å²) in [4.78, 5) is 18.1. The van der Waals surface area contributed by atoms with Crippen LogP contribution in [0, 0.1) is 0 Å². The lowest BCUT2D eigenvalue weighted by Gasteiger charge is -2.12. The highest BCUT2D eigenvalue weighted by Crippen LogP contribution is 2.07. The number of aliphatic imine (C=N–C) groups is 1. The Labute approximate surface area is 183 Å². The first-order chi connectivity index (χ1) is 13.1. The molecule has 0 aliphatic heterocycles. The van der Waals surface area contributed by atoms with Gasteiger partial charge in [0.1, 0.15) is 5.76 Å². The lowest BCUT2D eigenvalue weighted by Crippen LogP contribution is -2.40. The van der Waals surface area contributed by atoms with Crippen LogP contribution in [0.25, 0.3) is 0 Å². The molecule has 2 aromatic rings. The number of nitrogens with zero attached hydrogens (tertiary/aromatic N) is 2. The molecule has 2 rings (SSSR count). The minimum atomic E-state index is -0.00781. The van der Waals surface area contributed by atoms with Crippen molar-refractivity contribution in [1.29, 1.82) is 0 Å². The van der Waals surface area contributed by atoms with Gasteiger partial charge in [0.2, 0.25) is 0 Å². The highest BCUT2D eigenvalue weighted by molar-refractivity contribution is 14.0. The number of ether oxygens (including phenoxy) is 1. The van der Waals surface area contributed by atoms with Crippen LogP contribution in [0.4, 0.5) is 0 Å². The van der Waals surface area contributed by atoms with Gasteiger partial charge in [-0.25, -0.2) is 4.99 Å². The van der Waals surface area contributed by atoms with Crippen molar-refractivity contribution in [3.8, 4) is 0 Å². The number of rotatable bonds is 9. The maximum atomic E-state index is 11.9. The van der Waals surface area contributed by atoms with E-state index in [-0.39, 0.29) is 29.9 Å². The van der Waals surface area contributed by atoms with E-state index >= 15 is 0 Å². The van der Waals surface area contributed by atoms with Gasteiger partial charge in [-0.3, -0.25) is 4.79 Å². The highest BCUT2D eigenvalue weighted by atomic mass is 127. The first-order valence-corrected chi connectivity index (χ1v) is 8.94. The van der Waals surface area contributed by atoms with Crippen LogP contribution in [0.15, 0.2) is 52.1 Å². The molecule has 8 heteroatoms. The molecule has 0 saturated heterocycles. The number of hydrogen-bond donors (Lipinski definition) is 2. The lowest BCUT2D eigenvalue weighted by molar-refractivity contribution is 0.0827. The van der Waals surface area contributed by atoms with Crippen LogP contribution in [-0.2, 0) is 17.7 Å². The molecular weight excluding hydrogens is 471 g/mol. The van der Waals surface area contributed by atoms with E-state index in [4.69, 9.17) is 9.15 Å². The highest BCUT2D eigenvalue weighted by Gasteiger charge is 2.07. The Kier molecular flexibility index (Phi) is 11.3. The minimum absolute atomic E-state index is 0. The molecule has 0 spiro atoms. The quantitative estimate of drug-likeness (QED) is 0.240. The van der Waals surface area contributed by atoms with E-state index in [9.17, 15) is 4.79 Å². The summed E-state index contributed by atoms with van der Waals surface area (Å²) in [6, 6.07) is 11.3. The lowest BCUT2D eigenvalue weighted by atomic mass is 10.1. The zero-order valence-electron chi connectivity index (χ0n) is 16.6. The molecule has 0 radical (unpaired) electrons. The van der Waals surface area contributed by atoms with Gasteiger partial charge >= 0.3 is 0 Å². The van der Waals surface area contributed by atoms with E-state index in [1.807, 2.05) is 36.4 Å². The van der Waals surface area contributed by atoms with Crippen molar-refractivity contribution in [2.24, 2.45) is 4.99 Å². The second-order valence-electron chi connectivity index (χ2n) is 6.24. The van der Waals surface area contributed by atoms with Crippen LogP contribution in [-0.4, -0.2) is 57.7 Å². The topological polar surface area (TPSA) is 79.1 Å². The molecule has 154 valence electrons. The summed E-state index contributed by atoms with van der Waals surface area (Å²) in [5.41, 5.74) is 1.70. The van der Waals surface area contributed by atoms with Crippen molar-refractivity contribution in [2.75, 3.05) is 40.9 Å². The first kappa shape index (κ1) is 24.0. The zero-order valence-corrected chi connectivity index (χ0v) is 18.9. The summed E-state index contributed by atoms with van der Waals surface area (Å²) >= 11 is 0. The smallest absolute Gasteiger partial charge is 0.253 e. The molecule has 0 unspecified atom stereocenters. The monoisotopic (exact) mass is 500 g/mol. The minimum Gasteiger partial charge on any atom is -0.469 e. The van der Waals surface area contributed by atoms with Crippen LogP contribution in [0.3, 0.4) is 0 Å². The molecule has 1 aromatic heterocycles. The van der Waals surface area contributed by atoms with Crippen molar-refractivity contribution in [3.05, 3.63) is 59.5 Å². The first-order valence-electron chi connectivity index (χ1n) is 8.94. The van der Waals surface area contributed by atoms with Gasteiger partial charge in [0.05, 0.1) is 19.4 Å². The van der Waals surface area contributed by atoms with Gasteiger partial charge in [0, 0.05) is 46.3 Å². The number of halogens is 1. The molecule has 0 saturated carbocycles. The molecule has 7 nitrogen and oxygen atoms in total. The number of furan rings is 1. The average molecular weight is 500 g/mol. The number of hydrogen-bond acceptors (Lipinski definition) is 4. The second kappa shape index (κ2) is 13.2. The number of nitrogens with one attached hydrogen (secondary N) is 2. The van der Waals surface area contributed by atoms with Gasteiger partial charge in [-0.15, -0.1) is 24.0 Å². The van der Waals surface area contributed by atoms with E-state index in [1.54, 1.807) is 32.4 Å². The molecule has 1 heterocycles. The molecule has 1 amide bonds. The molecule has 0 fully saturated rings. The van der Waals surface area contributed by atoms with Crippen LogP contribution in [0.2, 0.25) is 0 Å². The number of benzene rings is 1. The SMILES string of the molecule is COCCNC(=NCc1ccc(C(=O)N(C)C)cc1)NCCc1ccco1.I. The van der Waals surface area contributed by atoms with Crippen molar-refractivity contribution in [1.82, 2.24) is 15.5 Å². The number of methoxy groups -OCH3 is 1. The Bertz CT molecular complexity index is 716. The summed E-state index contributed by atoms with van der Waals surface area (Å²) < 4.78 is 10.4. The molecule has 0 aliphatic rings. The standard InChI is InChI=1S/C20H28N4O3.HI/c1-24(2)19(25)17-8-6-16(7-9-17)15-23-20(22-12-14-26-3)21-11-10-18-5-4-13-27-18;/h4-9,13H,10-12,14-15H2,1-3H3,(H2,21,22,23);1H. The molecule has 0 atom stereocenters. The largest absolute Gasteiger partial charge is 0.469 e. The predicted molar refractivity (Wildman–Crippen MR) is 121 cm³/mol. The molecule has 2 N–H and O–H groups in total. The molecule has 0 bridgehead atoms. The van der Waals surface area contributed by atoms with E-state index in [2.05, 4.69) is 15.6 Å². The third-order valence-corrected chi connectivity index (χ3v) is 3.87. The van der Waals surface area contributed by atoms with Crippen molar-refractivity contribution in [3.63, 3.8) is 0 Å². The second-order valence-corrected chi connectivity index (χ2v) is 6.24. The Morgan fingerprint density at radius 1 is 1.14 bits per heavy atom. The third kappa shape index (κ3) is 8.30. The zero-order chi connectivity index (χ0) is 19.5. The summed E-state index contributed by atoms with van der Waals surface area (Å²) in [6.45, 7) is 2.49. The van der Waals surface area contributed by atoms with Crippen molar-refractivity contribution < 1.29 is 13.9 Å². The van der Waals surface area contributed by atoms with Crippen LogP contribution in [0.5, 0.6) is 0 Å². The fraction of sp³-hybridized carbons (Fsp3) is 0.400. The molecular formula is C20H29IN4O3. The van der Waals surface area contributed by atoms with Crippen molar-refractivity contribution in [2.45, 2.75) is 13.0 Å². The average Bonchev–Trinajstić information content (AvgIpc) is 3.19. The number of guanidine groups is 1. The van der Waals surface area contributed by atoms with Gasteiger partial charge < -0.3 is 24.7 Å². The maximum absolute atomic E-state index is 11.9. The van der Waals surface area contributed by atoms with Gasteiger partial charge in [-0.2, -0.15) is 0 Å². The van der Waals surface area contributed by atoms with E-state index in [0.29, 0.717) is 37.8 Å². The van der Waals surface area contributed by atoms with Gasteiger partial charge in [0.15, 0.2) is 5.96 Å². The van der Waals surface area contributed by atoms with Crippen molar-refractivity contribution >= 4 is 35.8 Å². The van der Waals surface area contributed by atoms with Gasteiger partial charge in [-0.1, -0.05) is 12.1 Å². The molecule has 0 aliphatic carbocycles. The van der Waals surface area contributed by atoms with E-state index in [0.717, 1.165) is 17.7 Å². The Morgan fingerprint density at radius 2 is 1.86 bits per heavy atom. The summed E-state index contributed by atoms with van der Waals surface area (Å²) in [5, 5.41) is 6.53. The predicted octanol–water partition coefficient (Wildman–Crippen LogP) is 2.52. The van der Waals surface area contributed by atoms with Crippen LogP contribution >= 0.6 is 24.0 Å². The normalized spacial score (nSPS) is 10.9. The fourth-order valence-electron chi connectivity index (χ4n) is 2.39. The Morgan fingerprint density at radius 3 is 2.46 bits per heavy atom. The van der Waals surface area contributed by atoms with Gasteiger partial charge in [-0.05, 0) is 29.8 Å².